The van der Waals surface area contributed by atoms with Gasteiger partial charge in [0.15, 0.2) is 0 Å². The molecule has 12 rings (SSSR count). The van der Waals surface area contributed by atoms with Crippen LogP contribution in [0.5, 0.6) is 28.7 Å². The van der Waals surface area contributed by atoms with Crippen molar-refractivity contribution in [3.05, 3.63) is 401 Å². The van der Waals surface area contributed by atoms with Gasteiger partial charge >= 0.3 is 17.3 Å². The molecule has 0 saturated heterocycles. The van der Waals surface area contributed by atoms with Crippen LogP contribution in [0.4, 0.5) is 0 Å². The third kappa shape index (κ3) is 27.6. The van der Waals surface area contributed by atoms with Crippen LogP contribution in [0.25, 0.3) is 0 Å². The van der Waals surface area contributed by atoms with Gasteiger partial charge in [0.1, 0.15) is 54.2 Å². The molecule has 548 valence electrons. The number of hydrogen-bond acceptors (Lipinski definition) is 9. The number of carbonyl (C=O) groups is 1. The van der Waals surface area contributed by atoms with Crippen molar-refractivity contribution in [1.82, 2.24) is 0 Å². The molecule has 0 aromatic heterocycles. The molecule has 12 aromatic carbocycles. The second-order valence-electron chi connectivity index (χ2n) is 27.2. The fourth-order valence-electron chi connectivity index (χ4n) is 10.7. The van der Waals surface area contributed by atoms with Crippen molar-refractivity contribution < 1.29 is 48.7 Å². The Labute approximate surface area is 630 Å². The zero-order valence-electron chi connectivity index (χ0n) is 65.0. The Morgan fingerprint density at radius 1 is 0.302 bits per heavy atom. The molecule has 0 aliphatic rings. The first kappa shape index (κ1) is 84.0. The molecule has 0 spiro atoms. The predicted octanol–water partition coefficient (Wildman–Crippen LogP) is 25.0. The van der Waals surface area contributed by atoms with Gasteiger partial charge in [-0.25, -0.2) is 14.6 Å². The van der Waals surface area contributed by atoms with Crippen LogP contribution < -0.4 is 18.9 Å². The molecule has 12 aromatic rings. The Morgan fingerprint density at radius 2 is 0.632 bits per heavy atom. The molecule has 0 radical (unpaired) electrons. The van der Waals surface area contributed by atoms with Gasteiger partial charge in [-0.05, 0) is 280 Å². The topological polar surface area (TPSA) is 133 Å². The molecule has 10 heteroatoms. The van der Waals surface area contributed by atoms with Crippen LogP contribution in [-0.2, 0) is 27.6 Å². The van der Waals surface area contributed by atoms with E-state index in [-0.39, 0.29) is 5.97 Å². The molecule has 0 saturated carbocycles. The summed E-state index contributed by atoms with van der Waals surface area (Å²) in [4.78, 5) is 21.3. The fraction of sp³-hybridized carbons (Fsp3) is 0.229. The molecular weight excluding hydrogens is 1310 g/mol. The van der Waals surface area contributed by atoms with E-state index in [4.69, 9.17) is 34.1 Å². The number of carbonyl (C=O) groups excluding carboxylic acids is 1. The number of hydrogen-bond donors (Lipinski definition) is 2. The summed E-state index contributed by atoms with van der Waals surface area (Å²) in [6, 6.07) is 84.8. The van der Waals surface area contributed by atoms with Crippen molar-refractivity contribution in [3.8, 4) is 28.7 Å². The van der Waals surface area contributed by atoms with Gasteiger partial charge in [0.2, 0.25) is 0 Å². The van der Waals surface area contributed by atoms with E-state index >= 15 is 0 Å². The summed E-state index contributed by atoms with van der Waals surface area (Å²) in [5.74, 6) is 3.94. The van der Waals surface area contributed by atoms with Gasteiger partial charge < -0.3 is 18.9 Å². The van der Waals surface area contributed by atoms with Crippen LogP contribution in [0.3, 0.4) is 0 Å². The first-order valence-electron chi connectivity index (χ1n) is 35.5. The summed E-state index contributed by atoms with van der Waals surface area (Å²) in [5.41, 5.74) is 28.8. The van der Waals surface area contributed by atoms with Gasteiger partial charge in [0, 0.05) is 0 Å². The standard InChI is InChI=1S/2C16H18O2.C16H16O2.2C16H18O.C15H16O.CO/c2*1-11-4-7-14(8-5-11)16(18-17)15-9-6-12(2)13(3)10-15;1-11-4-7-14(8-5-11)16(17)18-15-9-6-12(2)10-13(15)3;1-12-5-8-16(9-6-12)17-11-15-7-4-13(2)10-14(15)3;1-12-4-7-15(8-5-12)11-17-16-9-6-13(2)14(3)10-16;1-11-4-7-14(8-5-11)16-15-9-6-12(2)13(3)10-15;1-2/h2*4-10,16-17H,1-3H3;4-10H,1-3H3;2*4-10H,11H2,1-3H3;4-10H,1-3H3;. The van der Waals surface area contributed by atoms with Crippen molar-refractivity contribution in [1.29, 1.82) is 0 Å². The second-order valence-corrected chi connectivity index (χ2v) is 27.2. The van der Waals surface area contributed by atoms with Gasteiger partial charge in [-0.1, -0.05) is 233 Å². The summed E-state index contributed by atoms with van der Waals surface area (Å²) in [6.45, 7) is 42.9. The minimum atomic E-state index is -0.426. The molecule has 2 unspecified atom stereocenters. The van der Waals surface area contributed by atoms with Crippen molar-refractivity contribution in [2.24, 2.45) is 0 Å². The van der Waals surface area contributed by atoms with E-state index in [0.29, 0.717) is 24.5 Å². The van der Waals surface area contributed by atoms with Gasteiger partial charge in [0.25, 0.3) is 0 Å². The Balaban J connectivity index is 0.000000198. The number of benzene rings is 12. The second kappa shape index (κ2) is 42.8. The van der Waals surface area contributed by atoms with Gasteiger partial charge in [-0.15, -0.1) is 0 Å². The van der Waals surface area contributed by atoms with Crippen LogP contribution >= 0.6 is 0 Å². The van der Waals surface area contributed by atoms with E-state index in [1.54, 1.807) is 12.1 Å². The summed E-state index contributed by atoms with van der Waals surface area (Å²) in [6.07, 6.45) is -0.852. The Bertz CT molecular complexity index is 4610. The van der Waals surface area contributed by atoms with E-state index in [2.05, 4.69) is 210 Å². The van der Waals surface area contributed by atoms with Crippen LogP contribution in [0.2, 0.25) is 0 Å². The van der Waals surface area contributed by atoms with E-state index < -0.39 is 12.2 Å². The van der Waals surface area contributed by atoms with Crippen LogP contribution in [0.15, 0.2) is 255 Å². The summed E-state index contributed by atoms with van der Waals surface area (Å²) >= 11 is 0. The monoisotopic (exact) mass is 1420 g/mol. The zero-order valence-corrected chi connectivity index (χ0v) is 65.0. The maximum atomic E-state index is 11.9. The first-order valence-corrected chi connectivity index (χ1v) is 35.5. The van der Waals surface area contributed by atoms with E-state index in [9.17, 15) is 4.79 Å². The quantitative estimate of drug-likeness (QED) is 0.0242. The van der Waals surface area contributed by atoms with E-state index in [1.807, 2.05) is 174 Å². The van der Waals surface area contributed by atoms with Crippen molar-refractivity contribution in [2.75, 3.05) is 0 Å². The Hall–Kier alpha value is -10.9. The van der Waals surface area contributed by atoms with Gasteiger partial charge in [-0.3, -0.25) is 10.5 Å². The minimum absolute atomic E-state index is 0.318. The van der Waals surface area contributed by atoms with Crippen molar-refractivity contribution in [3.63, 3.8) is 0 Å². The normalized spacial score (nSPS) is 10.8. The average Bonchev–Trinajstić information content (AvgIpc) is 0.834. The molecule has 0 bridgehead atoms. The molecule has 0 amide bonds. The van der Waals surface area contributed by atoms with Crippen LogP contribution in [0, 0.1) is 131 Å². The third-order valence-electron chi connectivity index (χ3n) is 18.1. The molecule has 0 heterocycles. The zero-order chi connectivity index (χ0) is 77.4. The molecular formula is C96H104O10. The van der Waals surface area contributed by atoms with Gasteiger partial charge in [-0.2, -0.15) is 0 Å². The van der Waals surface area contributed by atoms with Crippen molar-refractivity contribution in [2.45, 2.75) is 150 Å². The molecule has 0 aliphatic carbocycles. The molecule has 2 N–H and O–H groups in total. The van der Waals surface area contributed by atoms with Crippen LogP contribution in [0.1, 0.15) is 156 Å². The number of esters is 1. The average molecular weight is 1420 g/mol. The molecule has 10 nitrogen and oxygen atoms in total. The first-order chi connectivity index (χ1) is 50.7. The van der Waals surface area contributed by atoms with Crippen LogP contribution in [-0.4, -0.2) is 16.5 Å². The molecule has 0 aliphatic heterocycles. The molecule has 2 atom stereocenters. The summed E-state index contributed by atoms with van der Waals surface area (Å²) in [7, 11) is 0. The maximum absolute atomic E-state index is 11.9. The third-order valence-corrected chi connectivity index (χ3v) is 18.1. The van der Waals surface area contributed by atoms with Crippen molar-refractivity contribution >= 4 is 5.97 Å². The van der Waals surface area contributed by atoms with E-state index in [1.165, 1.54) is 94.6 Å². The SMILES string of the molecule is Cc1ccc(C(=O)Oc2ccc(C)cc2C)cc1.Cc1ccc(C(OO)c2ccc(C)c(C)c2)cc1.Cc1ccc(C(OO)c2ccc(C)c(C)c2)cc1.Cc1ccc(COc2ccc(C)c(C)c2)cc1.Cc1ccc(OCc2ccc(C)cc2C)cc1.Cc1ccc(Oc2ccc(C)c(C)c2)cc1.[C-]#[O+]. The molecule has 106 heavy (non-hydrogen) atoms. The predicted molar refractivity (Wildman–Crippen MR) is 431 cm³/mol. The molecule has 0 fully saturated rings. The van der Waals surface area contributed by atoms with E-state index in [0.717, 1.165) is 61.9 Å². The summed E-state index contributed by atoms with van der Waals surface area (Å²) < 4.78 is 30.2. The number of aryl methyl sites for hydroxylation is 18. The summed E-state index contributed by atoms with van der Waals surface area (Å²) in [5, 5.41) is 18.3. The number of ether oxygens (including phenoxy) is 4. The van der Waals surface area contributed by atoms with Gasteiger partial charge in [0.05, 0.1) is 5.56 Å². The Kier molecular flexibility index (Phi) is 33.9. The number of rotatable bonds is 16. The Morgan fingerprint density at radius 3 is 1.05 bits per heavy atom. The fourth-order valence-corrected chi connectivity index (χ4v) is 10.7.